The van der Waals surface area contributed by atoms with Gasteiger partial charge >= 0.3 is 5.69 Å². The van der Waals surface area contributed by atoms with Crippen LogP contribution in [0.5, 0.6) is 5.88 Å². The van der Waals surface area contributed by atoms with E-state index in [-0.39, 0.29) is 48.6 Å². The largest absolute Gasteiger partial charge is 0.468 e. The number of nitrogens with one attached hydrogen (secondary N) is 4. The summed E-state index contributed by atoms with van der Waals surface area (Å²) in [6.45, 7) is 7.04. The van der Waals surface area contributed by atoms with Gasteiger partial charge in [0.05, 0.1) is 18.8 Å². The summed E-state index contributed by atoms with van der Waals surface area (Å²) < 4.78 is 6.76. The molecule has 3 unspecified atom stereocenters. The summed E-state index contributed by atoms with van der Waals surface area (Å²) in [5, 5.41) is 11.2. The molecule has 2 aromatic heterocycles. The molecule has 1 aliphatic heterocycles. The van der Waals surface area contributed by atoms with E-state index in [2.05, 4.69) is 36.2 Å². The van der Waals surface area contributed by atoms with E-state index < -0.39 is 71.0 Å². The Balaban J connectivity index is 1.42. The summed E-state index contributed by atoms with van der Waals surface area (Å²) in [5.74, 6) is -4.12. The molecule has 0 spiro atoms. The van der Waals surface area contributed by atoms with Crippen LogP contribution >= 0.6 is 0 Å². The molecule has 0 aromatic carbocycles. The topological polar surface area (TPSA) is 222 Å². The number of rotatable bonds is 16. The Morgan fingerprint density at radius 1 is 0.964 bits per heavy atom. The molecule has 302 valence electrons. The van der Waals surface area contributed by atoms with Crippen LogP contribution in [0.15, 0.2) is 36.9 Å². The minimum absolute atomic E-state index is 0.00841. The number of hydrogen-bond acceptors (Lipinski definition) is 11. The molecule has 2 saturated carbocycles. The first-order chi connectivity index (χ1) is 26.7. The van der Waals surface area contributed by atoms with E-state index in [0.717, 1.165) is 32.1 Å². The normalized spacial score (nSPS) is 20.2. The molecule has 56 heavy (non-hydrogen) atoms. The van der Waals surface area contributed by atoms with Gasteiger partial charge in [0.25, 0.3) is 17.7 Å². The molecular weight excluding hydrogens is 722 g/mol. The molecule has 1 saturated heterocycles. The third-order valence-electron chi connectivity index (χ3n) is 10.4. The van der Waals surface area contributed by atoms with Crippen LogP contribution in [-0.2, 0) is 24.0 Å². The summed E-state index contributed by atoms with van der Waals surface area (Å²) in [6, 6.07) is -1.43. The molecule has 0 radical (unpaired) electrons. The third kappa shape index (κ3) is 10.7. The molecule has 4 N–H and O–H groups in total. The zero-order chi connectivity index (χ0) is 40.6. The van der Waals surface area contributed by atoms with E-state index in [1.165, 1.54) is 42.8 Å². The van der Waals surface area contributed by atoms with Crippen LogP contribution < -0.4 is 26.0 Å². The van der Waals surface area contributed by atoms with Crippen LogP contribution in [-0.4, -0.2) is 110 Å². The van der Waals surface area contributed by atoms with Crippen LogP contribution in [0.25, 0.3) is 0 Å². The van der Waals surface area contributed by atoms with Gasteiger partial charge in [0, 0.05) is 46.8 Å². The Labute approximate surface area is 326 Å². The highest BCUT2D eigenvalue weighted by atomic mass is 16.5. The maximum Gasteiger partial charge on any atom is 0.317 e. The Morgan fingerprint density at radius 2 is 1.70 bits per heavy atom. The van der Waals surface area contributed by atoms with E-state index >= 15 is 0 Å². The van der Waals surface area contributed by atoms with Gasteiger partial charge in [-0.1, -0.05) is 53.4 Å². The van der Waals surface area contributed by atoms with Gasteiger partial charge in [0.1, 0.15) is 29.9 Å². The minimum atomic E-state index is -1.18. The van der Waals surface area contributed by atoms with E-state index in [1.54, 1.807) is 26.8 Å². The number of Topliss-reactive ketones (excluding diaryl/α,β-unsaturated/α-hetero) is 1. The number of carbonyl (C=O) groups is 6. The average Bonchev–Trinajstić information content (AvgIpc) is 3.90. The molecule has 3 heterocycles. The third-order valence-corrected chi connectivity index (χ3v) is 10.4. The first-order valence-electron chi connectivity index (χ1n) is 19.5. The number of ether oxygens (including phenoxy) is 1. The first-order valence-corrected chi connectivity index (χ1v) is 19.5. The minimum Gasteiger partial charge on any atom is -0.468 e. The number of carbonyl (C=O) groups excluding carboxylic acids is 6. The maximum atomic E-state index is 14.8. The second-order valence-corrected chi connectivity index (χ2v) is 16.0. The van der Waals surface area contributed by atoms with Gasteiger partial charge in [0.2, 0.25) is 23.5 Å². The lowest BCUT2D eigenvalue weighted by molar-refractivity contribution is -0.429. The zero-order valence-corrected chi connectivity index (χ0v) is 32.8. The van der Waals surface area contributed by atoms with Crippen molar-refractivity contribution in [3.63, 3.8) is 0 Å². The van der Waals surface area contributed by atoms with Gasteiger partial charge < -0.3 is 30.9 Å². The fourth-order valence-electron chi connectivity index (χ4n) is 7.26. The molecule has 2 aliphatic carbocycles. The Bertz CT molecular complexity index is 1770. The maximum absolute atomic E-state index is 14.8. The van der Waals surface area contributed by atoms with Crippen LogP contribution in [0, 0.1) is 16.2 Å². The van der Waals surface area contributed by atoms with E-state index in [4.69, 9.17) is 4.74 Å². The van der Waals surface area contributed by atoms with Crippen LogP contribution in [0.1, 0.15) is 102 Å². The molecule has 0 bridgehead atoms. The summed E-state index contributed by atoms with van der Waals surface area (Å²) in [6.07, 6.45) is 11.1. The zero-order valence-electron chi connectivity index (χ0n) is 32.8. The highest BCUT2D eigenvalue weighted by Crippen LogP contribution is 2.32. The summed E-state index contributed by atoms with van der Waals surface area (Å²) in [5.41, 5.74) is -0.698. The van der Waals surface area contributed by atoms with Crippen molar-refractivity contribution < 1.29 is 38.3 Å². The number of aromatic nitrogens is 3. The molecule has 3 aliphatic rings. The van der Waals surface area contributed by atoms with Gasteiger partial charge in [-0.05, 0) is 49.5 Å². The Morgan fingerprint density at radius 3 is 2.32 bits per heavy atom. The lowest BCUT2D eigenvalue weighted by atomic mass is 9.82. The molecule has 5 atom stereocenters. The second-order valence-electron chi connectivity index (χ2n) is 16.0. The van der Waals surface area contributed by atoms with E-state index in [1.807, 2.05) is 6.92 Å². The predicted octanol–water partition coefficient (Wildman–Crippen LogP) is 2.30. The number of nitrogens with zero attached hydrogens (tertiary/aromatic N) is 5. The monoisotopic (exact) mass is 776 g/mol. The lowest BCUT2D eigenvalue weighted by Gasteiger charge is -2.37. The van der Waals surface area contributed by atoms with Crippen molar-refractivity contribution in [2.75, 3.05) is 13.6 Å². The van der Waals surface area contributed by atoms with Crippen molar-refractivity contribution in [1.82, 2.24) is 41.1 Å². The molecule has 17 heteroatoms. The smallest absolute Gasteiger partial charge is 0.317 e. The summed E-state index contributed by atoms with van der Waals surface area (Å²) in [7, 11) is 1.29. The van der Waals surface area contributed by atoms with Gasteiger partial charge in [-0.15, -0.1) is 0 Å². The van der Waals surface area contributed by atoms with Crippen LogP contribution in [0.4, 0.5) is 5.69 Å². The van der Waals surface area contributed by atoms with Crippen molar-refractivity contribution in [2.24, 2.45) is 11.3 Å². The standard InChI is InChI=1S/C39H53N9O8/c1-6-11-26(31(49)36(53)43-24-15-16-24)44-34(51)29-20-25(56-37-28(47(5)55)14-10-17-42-37)22-48(29)38(54)32(39(2,3)4)46-35(52)30(23-12-8-7-9-13-23)45-33(50)27-21-40-18-19-41-27/h10,14,17-19,21,23-26,29-30,32H,6-9,11-13,15-16,20,22H2,1-5H3,(H3-,43,44,45,46,50,51,52,53)/p+1/t25-,26?,29+,30?,32?/m0/s1. The summed E-state index contributed by atoms with van der Waals surface area (Å²) in [4.78, 5) is 108. The number of pyridine rings is 1. The molecule has 5 rings (SSSR count). The Hall–Kier alpha value is -5.35. The molecule has 2 aromatic rings. The molecular formula is C39H54N9O8+. The molecule has 17 nitrogen and oxygen atoms in total. The fraction of sp³-hybridized carbons (Fsp3) is 0.615. The quantitative estimate of drug-likeness (QED) is 0.143. The van der Waals surface area contributed by atoms with Gasteiger partial charge in [0.15, 0.2) is 7.05 Å². The first kappa shape index (κ1) is 41.8. The van der Waals surface area contributed by atoms with E-state index in [0.29, 0.717) is 24.0 Å². The number of ketones is 1. The highest BCUT2D eigenvalue weighted by molar-refractivity contribution is 6.38. The highest BCUT2D eigenvalue weighted by Gasteiger charge is 2.48. The van der Waals surface area contributed by atoms with Gasteiger partial charge in [-0.3, -0.25) is 33.8 Å². The van der Waals surface area contributed by atoms with Crippen molar-refractivity contribution in [3.05, 3.63) is 47.5 Å². The fourth-order valence-corrected chi connectivity index (χ4v) is 7.26. The van der Waals surface area contributed by atoms with Crippen molar-refractivity contribution in [1.29, 1.82) is 0 Å². The number of nitroso groups, excluding NO2 is 1. The van der Waals surface area contributed by atoms with E-state index in [9.17, 15) is 33.7 Å². The van der Waals surface area contributed by atoms with Crippen molar-refractivity contribution >= 4 is 41.0 Å². The molecule has 5 amide bonds. The molecule has 3 fully saturated rings. The van der Waals surface area contributed by atoms with Crippen LogP contribution in [0.2, 0.25) is 0 Å². The second kappa shape index (κ2) is 18.5. The van der Waals surface area contributed by atoms with Crippen molar-refractivity contribution in [3.8, 4) is 5.88 Å². The number of likely N-dealkylation sites (tertiary alicyclic amines) is 1. The number of amides is 5. The average molecular weight is 777 g/mol. The van der Waals surface area contributed by atoms with Crippen LogP contribution in [0.3, 0.4) is 0 Å². The SMILES string of the molecule is CCCC(NC(=O)[C@H]1C[C@H](Oc2ncccc2[N+](C)=O)CN1C(=O)C(NC(=O)C(NC(=O)c1cnccn1)C1CCCCC1)C(C)(C)C)C(=O)C(=O)NC1CC1. The van der Waals surface area contributed by atoms with Crippen molar-refractivity contribution in [2.45, 2.75) is 128 Å². The summed E-state index contributed by atoms with van der Waals surface area (Å²) >= 11 is 0. The Kier molecular flexibility index (Phi) is 13.8. The van der Waals surface area contributed by atoms with Gasteiger partial charge in [-0.25, -0.2) is 9.97 Å². The van der Waals surface area contributed by atoms with Gasteiger partial charge in [-0.2, -0.15) is 0 Å². The number of hydrogen-bond donors (Lipinski definition) is 4. The lowest BCUT2D eigenvalue weighted by Crippen LogP contribution is -2.62. The predicted molar refractivity (Wildman–Crippen MR) is 202 cm³/mol.